The minimum Gasteiger partial charge on any atom is -0.327 e. The first-order valence-corrected chi connectivity index (χ1v) is 3.82. The Hall–Kier alpha value is -0.670. The van der Waals surface area contributed by atoms with Crippen molar-refractivity contribution in [3.8, 4) is 0 Å². The summed E-state index contributed by atoms with van der Waals surface area (Å²) in [5, 5.41) is -0.0800. The van der Waals surface area contributed by atoms with Gasteiger partial charge in [-0.15, -0.1) is 0 Å². The number of hydrogen-bond donors (Lipinski definition) is 1. The predicted molar refractivity (Wildman–Crippen MR) is 44.3 cm³/mol. The largest absolute Gasteiger partial charge is 0.327 e. The van der Waals surface area contributed by atoms with Gasteiger partial charge in [-0.25, -0.2) is 8.78 Å². The monoisotopic (exact) mass is 191 g/mol. The van der Waals surface area contributed by atoms with Crippen molar-refractivity contribution >= 4 is 11.6 Å². The van der Waals surface area contributed by atoms with Crippen LogP contribution in [0.15, 0.2) is 18.2 Å². The predicted octanol–water partition coefficient (Wildman–Crippen LogP) is 2.45. The molecule has 66 valence electrons. The highest BCUT2D eigenvalue weighted by Crippen LogP contribution is 2.24. The minimum atomic E-state index is -1.48. The van der Waals surface area contributed by atoms with Crippen molar-refractivity contribution < 1.29 is 8.78 Å². The normalized spacial score (nSPS) is 13.0. The fourth-order valence-corrected chi connectivity index (χ4v) is 1.07. The lowest BCUT2D eigenvalue weighted by Gasteiger charge is -2.06. The molecular formula is C8H8ClF2N. The van der Waals surface area contributed by atoms with Gasteiger partial charge in [0, 0.05) is 12.1 Å². The molecule has 0 aromatic heterocycles. The van der Waals surface area contributed by atoms with E-state index in [1.807, 2.05) is 0 Å². The molecule has 0 radical (unpaired) electrons. The Balaban J connectivity index is 3.07. The maximum absolute atomic E-state index is 13.0. The van der Waals surface area contributed by atoms with Crippen LogP contribution in [0.25, 0.3) is 0 Å². The molecule has 1 atom stereocenters. The molecule has 0 spiro atoms. The zero-order valence-electron chi connectivity index (χ0n) is 6.23. The topological polar surface area (TPSA) is 26.0 Å². The SMILES string of the molecule is NCC(F)c1cccc(Cl)c1F. The van der Waals surface area contributed by atoms with Gasteiger partial charge in [0.25, 0.3) is 0 Å². The first-order valence-electron chi connectivity index (χ1n) is 3.45. The van der Waals surface area contributed by atoms with Gasteiger partial charge in [-0.3, -0.25) is 0 Å². The highest BCUT2D eigenvalue weighted by atomic mass is 35.5. The average Bonchev–Trinajstić information content (AvgIpc) is 2.08. The van der Waals surface area contributed by atoms with Gasteiger partial charge in [-0.1, -0.05) is 23.7 Å². The molecule has 2 N–H and O–H groups in total. The second-order valence-corrected chi connectivity index (χ2v) is 2.75. The molecule has 0 aliphatic carbocycles. The summed E-state index contributed by atoms with van der Waals surface area (Å²) >= 11 is 5.43. The summed E-state index contributed by atoms with van der Waals surface area (Å²) in [7, 11) is 0. The molecule has 1 nitrogen and oxygen atoms in total. The van der Waals surface area contributed by atoms with E-state index in [1.54, 1.807) is 0 Å². The molecule has 1 unspecified atom stereocenters. The van der Waals surface area contributed by atoms with E-state index in [9.17, 15) is 8.78 Å². The van der Waals surface area contributed by atoms with Crippen molar-refractivity contribution in [3.05, 3.63) is 34.6 Å². The van der Waals surface area contributed by atoms with E-state index in [1.165, 1.54) is 18.2 Å². The molecule has 1 aromatic carbocycles. The van der Waals surface area contributed by atoms with Gasteiger partial charge in [0.05, 0.1) is 5.02 Å². The van der Waals surface area contributed by atoms with Gasteiger partial charge in [0.1, 0.15) is 12.0 Å². The van der Waals surface area contributed by atoms with Crippen LogP contribution in [0.4, 0.5) is 8.78 Å². The molecular weight excluding hydrogens is 184 g/mol. The molecule has 0 fully saturated rings. The van der Waals surface area contributed by atoms with E-state index in [0.29, 0.717) is 0 Å². The quantitative estimate of drug-likeness (QED) is 0.764. The molecule has 4 heteroatoms. The van der Waals surface area contributed by atoms with Crippen LogP contribution in [0.2, 0.25) is 5.02 Å². The van der Waals surface area contributed by atoms with E-state index < -0.39 is 12.0 Å². The summed E-state index contributed by atoms with van der Waals surface area (Å²) in [6.07, 6.45) is -1.48. The van der Waals surface area contributed by atoms with E-state index in [4.69, 9.17) is 17.3 Å². The summed E-state index contributed by atoms with van der Waals surface area (Å²) in [6.45, 7) is -0.239. The van der Waals surface area contributed by atoms with Crippen molar-refractivity contribution in [2.45, 2.75) is 6.17 Å². The maximum Gasteiger partial charge on any atom is 0.147 e. The molecule has 12 heavy (non-hydrogen) atoms. The molecule has 0 saturated heterocycles. The van der Waals surface area contributed by atoms with Crippen LogP contribution in [-0.2, 0) is 0 Å². The Kier molecular flexibility index (Phi) is 3.00. The lowest BCUT2D eigenvalue weighted by atomic mass is 10.1. The van der Waals surface area contributed by atoms with Gasteiger partial charge in [0.2, 0.25) is 0 Å². The smallest absolute Gasteiger partial charge is 0.147 e. The third kappa shape index (κ3) is 1.73. The lowest BCUT2D eigenvalue weighted by Crippen LogP contribution is -2.09. The summed E-state index contributed by atoms with van der Waals surface area (Å²) in [5.41, 5.74) is 4.96. The molecule has 1 rings (SSSR count). The second-order valence-electron chi connectivity index (χ2n) is 2.35. The fourth-order valence-electron chi connectivity index (χ4n) is 0.889. The Labute approximate surface area is 74.1 Å². The number of halogens is 3. The maximum atomic E-state index is 13.0. The second kappa shape index (κ2) is 3.83. The zero-order chi connectivity index (χ0) is 9.14. The summed E-state index contributed by atoms with van der Waals surface area (Å²) < 4.78 is 25.9. The molecule has 0 heterocycles. The van der Waals surface area contributed by atoms with Crippen LogP contribution in [0.1, 0.15) is 11.7 Å². The van der Waals surface area contributed by atoms with Crippen LogP contribution in [0, 0.1) is 5.82 Å². The highest BCUT2D eigenvalue weighted by Gasteiger charge is 2.14. The molecule has 1 aromatic rings. The Bertz CT molecular complexity index is 278. The van der Waals surface area contributed by atoms with Crippen molar-refractivity contribution in [3.63, 3.8) is 0 Å². The van der Waals surface area contributed by atoms with Crippen LogP contribution < -0.4 is 5.73 Å². The van der Waals surface area contributed by atoms with Gasteiger partial charge in [-0.2, -0.15) is 0 Å². The van der Waals surface area contributed by atoms with Crippen LogP contribution in [0.3, 0.4) is 0 Å². The van der Waals surface area contributed by atoms with E-state index in [-0.39, 0.29) is 17.1 Å². The first-order chi connectivity index (χ1) is 5.66. The minimum absolute atomic E-state index is 0.0787. The van der Waals surface area contributed by atoms with Gasteiger partial charge in [-0.05, 0) is 6.07 Å². The van der Waals surface area contributed by atoms with E-state index in [0.717, 1.165) is 0 Å². The van der Waals surface area contributed by atoms with Crippen molar-refractivity contribution in [2.24, 2.45) is 5.73 Å². The summed E-state index contributed by atoms with van der Waals surface area (Å²) in [4.78, 5) is 0. The molecule has 0 aliphatic rings. The van der Waals surface area contributed by atoms with Crippen LogP contribution in [0.5, 0.6) is 0 Å². The Morgan fingerprint density at radius 3 is 2.75 bits per heavy atom. The van der Waals surface area contributed by atoms with E-state index >= 15 is 0 Å². The molecule has 0 aliphatic heterocycles. The molecule has 0 saturated carbocycles. The van der Waals surface area contributed by atoms with E-state index in [2.05, 4.69) is 0 Å². The van der Waals surface area contributed by atoms with Gasteiger partial charge in [0.15, 0.2) is 0 Å². The Morgan fingerprint density at radius 2 is 2.17 bits per heavy atom. The number of rotatable bonds is 2. The van der Waals surface area contributed by atoms with Gasteiger partial charge >= 0.3 is 0 Å². The summed E-state index contributed by atoms with van der Waals surface area (Å²) in [6, 6.07) is 4.19. The number of alkyl halides is 1. The molecule has 0 amide bonds. The fraction of sp³-hybridized carbons (Fsp3) is 0.250. The van der Waals surface area contributed by atoms with Gasteiger partial charge < -0.3 is 5.73 Å². The third-order valence-electron chi connectivity index (χ3n) is 1.53. The lowest BCUT2D eigenvalue weighted by molar-refractivity contribution is 0.341. The highest BCUT2D eigenvalue weighted by molar-refractivity contribution is 6.30. The van der Waals surface area contributed by atoms with Crippen molar-refractivity contribution in [1.29, 1.82) is 0 Å². The number of nitrogens with two attached hydrogens (primary N) is 1. The zero-order valence-corrected chi connectivity index (χ0v) is 6.98. The van der Waals surface area contributed by atoms with Crippen molar-refractivity contribution in [2.75, 3.05) is 6.54 Å². The first kappa shape index (κ1) is 9.42. The average molecular weight is 192 g/mol. The number of hydrogen-bond acceptors (Lipinski definition) is 1. The summed E-state index contributed by atoms with van der Waals surface area (Å²) in [5.74, 6) is -0.725. The third-order valence-corrected chi connectivity index (χ3v) is 1.82. The standard InChI is InChI=1S/C8H8ClF2N/c9-6-3-1-2-5(8(6)11)7(10)4-12/h1-3,7H,4,12H2. The molecule has 0 bridgehead atoms. The van der Waals surface area contributed by atoms with Crippen LogP contribution >= 0.6 is 11.6 Å². The van der Waals surface area contributed by atoms with Crippen molar-refractivity contribution in [1.82, 2.24) is 0 Å². The Morgan fingerprint density at radius 1 is 1.50 bits per heavy atom. The number of benzene rings is 1. The van der Waals surface area contributed by atoms with Crippen LogP contribution in [-0.4, -0.2) is 6.54 Å².